The van der Waals surface area contributed by atoms with Crippen LogP contribution in [0.25, 0.3) is 0 Å². The molecule has 0 amide bonds. The average molecular weight is 303 g/mol. The van der Waals surface area contributed by atoms with Crippen LogP contribution in [0.3, 0.4) is 0 Å². The van der Waals surface area contributed by atoms with Crippen LogP contribution in [0, 0.1) is 0 Å². The summed E-state index contributed by atoms with van der Waals surface area (Å²) in [6, 6.07) is 6.07. The van der Waals surface area contributed by atoms with Crippen LogP contribution in [0.5, 0.6) is 0 Å². The number of nitrogens with zero attached hydrogens (tertiary/aromatic N) is 4. The van der Waals surface area contributed by atoms with Gasteiger partial charge in [0.2, 0.25) is 0 Å². The van der Waals surface area contributed by atoms with Crippen molar-refractivity contribution in [3.63, 3.8) is 0 Å². The molecule has 3 rings (SSSR count). The van der Waals surface area contributed by atoms with E-state index in [1.54, 1.807) is 11.8 Å². The summed E-state index contributed by atoms with van der Waals surface area (Å²) in [5.41, 5.74) is 0. The Balaban J connectivity index is 1.76. The molecule has 2 aromatic rings. The lowest BCUT2D eigenvalue weighted by Crippen LogP contribution is -2.03. The van der Waals surface area contributed by atoms with Crippen LogP contribution >= 0.6 is 11.8 Å². The fourth-order valence-electron chi connectivity index (χ4n) is 2.45. The molecule has 0 fully saturated rings. The number of pyridine rings is 1. The number of aryl methyl sites for hydroxylation is 1. The van der Waals surface area contributed by atoms with E-state index in [1.165, 1.54) is 19.3 Å². The van der Waals surface area contributed by atoms with E-state index >= 15 is 0 Å². The van der Waals surface area contributed by atoms with E-state index in [4.69, 9.17) is 0 Å². The first-order valence-electron chi connectivity index (χ1n) is 7.67. The monoisotopic (exact) mass is 303 g/mol. The second-order valence-corrected chi connectivity index (χ2v) is 6.24. The molecule has 0 radical (unpaired) electrons. The van der Waals surface area contributed by atoms with E-state index in [0.29, 0.717) is 0 Å². The number of rotatable bonds is 5. The molecule has 1 aliphatic rings. The molecule has 0 unspecified atom stereocenters. The molecule has 0 aliphatic carbocycles. The Morgan fingerprint density at radius 1 is 1.24 bits per heavy atom. The highest BCUT2D eigenvalue weighted by Crippen LogP contribution is 2.27. The minimum Gasteiger partial charge on any atom is -0.370 e. The lowest BCUT2D eigenvalue weighted by molar-refractivity contribution is 0.590. The van der Waals surface area contributed by atoms with Crippen LogP contribution in [0.1, 0.15) is 38.4 Å². The van der Waals surface area contributed by atoms with Gasteiger partial charge in [-0.3, -0.25) is 0 Å². The lowest BCUT2D eigenvalue weighted by Gasteiger charge is -2.07. The van der Waals surface area contributed by atoms with Crippen molar-refractivity contribution in [2.45, 2.75) is 55.8 Å². The summed E-state index contributed by atoms with van der Waals surface area (Å²) in [6.45, 7) is 4.12. The molecular weight excluding hydrogens is 282 g/mol. The van der Waals surface area contributed by atoms with E-state index in [9.17, 15) is 0 Å². The maximum atomic E-state index is 4.63. The summed E-state index contributed by atoms with van der Waals surface area (Å²) < 4.78 is 2.26. The summed E-state index contributed by atoms with van der Waals surface area (Å²) in [5, 5.41) is 13.9. The first-order valence-corrected chi connectivity index (χ1v) is 8.49. The Labute approximate surface area is 129 Å². The average Bonchev–Trinajstić information content (AvgIpc) is 2.74. The zero-order valence-electron chi connectivity index (χ0n) is 12.4. The quantitative estimate of drug-likeness (QED) is 0.917. The Kier molecular flexibility index (Phi) is 4.75. The van der Waals surface area contributed by atoms with Gasteiger partial charge in [-0.05, 0) is 43.2 Å². The molecule has 0 spiro atoms. The van der Waals surface area contributed by atoms with Crippen molar-refractivity contribution in [3.8, 4) is 0 Å². The van der Waals surface area contributed by atoms with Crippen molar-refractivity contribution in [2.24, 2.45) is 0 Å². The molecule has 0 bridgehead atoms. The Hall–Kier alpha value is -1.56. The van der Waals surface area contributed by atoms with Crippen molar-refractivity contribution in [3.05, 3.63) is 24.0 Å². The van der Waals surface area contributed by atoms with Crippen molar-refractivity contribution in [1.29, 1.82) is 0 Å². The molecule has 1 aliphatic heterocycles. The molecule has 1 N–H and O–H groups in total. The highest BCUT2D eigenvalue weighted by atomic mass is 32.2. The largest absolute Gasteiger partial charge is 0.370 e. The van der Waals surface area contributed by atoms with Crippen molar-refractivity contribution < 1.29 is 0 Å². The van der Waals surface area contributed by atoms with Gasteiger partial charge >= 0.3 is 0 Å². The van der Waals surface area contributed by atoms with Crippen molar-refractivity contribution >= 4 is 17.6 Å². The zero-order valence-corrected chi connectivity index (χ0v) is 13.2. The van der Waals surface area contributed by atoms with Crippen LogP contribution in [0.4, 0.5) is 5.82 Å². The minimum atomic E-state index is 0.928. The molecule has 0 atom stereocenters. The fraction of sp³-hybridized carbons (Fsp3) is 0.533. The Bertz CT molecular complexity index is 595. The van der Waals surface area contributed by atoms with Crippen molar-refractivity contribution in [2.75, 3.05) is 11.9 Å². The van der Waals surface area contributed by atoms with Gasteiger partial charge < -0.3 is 9.88 Å². The number of aromatic nitrogens is 4. The number of hydrogen-bond donors (Lipinski definition) is 1. The molecule has 6 heteroatoms. The van der Waals surface area contributed by atoms with E-state index in [-0.39, 0.29) is 0 Å². The smallest absolute Gasteiger partial charge is 0.197 e. The normalized spacial score (nSPS) is 14.5. The van der Waals surface area contributed by atoms with Gasteiger partial charge in [0.15, 0.2) is 5.16 Å². The van der Waals surface area contributed by atoms with Crippen molar-refractivity contribution in [1.82, 2.24) is 19.7 Å². The van der Waals surface area contributed by atoms with Gasteiger partial charge in [0.25, 0.3) is 0 Å². The minimum absolute atomic E-state index is 0.928. The molecular formula is C15H21N5S. The fourth-order valence-corrected chi connectivity index (χ4v) is 3.32. The number of anilines is 1. The molecule has 112 valence electrons. The SMILES string of the molecule is CCCNc1cccc(Sc2nnc3n2CCCCC3)n1. The highest BCUT2D eigenvalue weighted by molar-refractivity contribution is 7.99. The summed E-state index contributed by atoms with van der Waals surface area (Å²) in [6.07, 6.45) is 5.85. The summed E-state index contributed by atoms with van der Waals surface area (Å²) in [4.78, 5) is 4.63. The van der Waals surface area contributed by atoms with E-state index in [2.05, 4.69) is 32.0 Å². The second kappa shape index (κ2) is 6.93. The van der Waals surface area contributed by atoms with E-state index in [0.717, 1.165) is 47.8 Å². The molecule has 0 saturated carbocycles. The topological polar surface area (TPSA) is 55.6 Å². The van der Waals surface area contributed by atoms with Crippen LogP contribution in [-0.4, -0.2) is 26.3 Å². The zero-order chi connectivity index (χ0) is 14.5. The van der Waals surface area contributed by atoms with Gasteiger partial charge in [-0.15, -0.1) is 10.2 Å². The van der Waals surface area contributed by atoms with Crippen LogP contribution in [0.2, 0.25) is 0 Å². The summed E-state index contributed by atoms with van der Waals surface area (Å²) in [5.74, 6) is 2.05. The van der Waals surface area contributed by atoms with Gasteiger partial charge in [0, 0.05) is 19.5 Å². The maximum Gasteiger partial charge on any atom is 0.197 e. The van der Waals surface area contributed by atoms with Gasteiger partial charge in [0.05, 0.1) is 0 Å². The molecule has 0 saturated heterocycles. The van der Waals surface area contributed by atoms with Crippen LogP contribution < -0.4 is 5.32 Å². The van der Waals surface area contributed by atoms with E-state index < -0.39 is 0 Å². The van der Waals surface area contributed by atoms with Crippen LogP contribution in [0.15, 0.2) is 28.4 Å². The number of fused-ring (bicyclic) bond motifs is 1. The second-order valence-electron chi connectivity index (χ2n) is 5.25. The van der Waals surface area contributed by atoms with Gasteiger partial charge in [-0.1, -0.05) is 19.4 Å². The van der Waals surface area contributed by atoms with Gasteiger partial charge in [0.1, 0.15) is 16.7 Å². The van der Waals surface area contributed by atoms with Gasteiger partial charge in [-0.2, -0.15) is 0 Å². The third-order valence-corrected chi connectivity index (χ3v) is 4.47. The predicted octanol–water partition coefficient (Wildman–Crippen LogP) is 3.37. The summed E-state index contributed by atoms with van der Waals surface area (Å²) in [7, 11) is 0. The highest BCUT2D eigenvalue weighted by Gasteiger charge is 2.16. The standard InChI is InChI=1S/C15H21N5S/c1-2-10-16-12-7-6-9-14(17-12)21-15-19-18-13-8-4-3-5-11-20(13)15/h6-7,9H,2-5,8,10-11H2,1H3,(H,16,17). The lowest BCUT2D eigenvalue weighted by atomic mass is 10.2. The van der Waals surface area contributed by atoms with E-state index in [1.807, 2.05) is 18.2 Å². The third kappa shape index (κ3) is 3.56. The Morgan fingerprint density at radius 3 is 3.10 bits per heavy atom. The number of hydrogen-bond acceptors (Lipinski definition) is 5. The maximum absolute atomic E-state index is 4.63. The molecule has 5 nitrogen and oxygen atoms in total. The Morgan fingerprint density at radius 2 is 2.19 bits per heavy atom. The van der Waals surface area contributed by atoms with Gasteiger partial charge in [-0.25, -0.2) is 4.98 Å². The first kappa shape index (κ1) is 14.4. The van der Waals surface area contributed by atoms with Crippen LogP contribution in [-0.2, 0) is 13.0 Å². The molecule has 21 heavy (non-hydrogen) atoms. The number of nitrogens with one attached hydrogen (secondary N) is 1. The molecule has 3 heterocycles. The molecule has 0 aromatic carbocycles. The molecule has 2 aromatic heterocycles. The first-order chi connectivity index (χ1) is 10.4. The third-order valence-electron chi connectivity index (χ3n) is 3.55. The predicted molar refractivity (Wildman–Crippen MR) is 84.7 cm³/mol. The summed E-state index contributed by atoms with van der Waals surface area (Å²) >= 11 is 1.60.